The Morgan fingerprint density at radius 2 is 1.97 bits per heavy atom. The largest absolute Gasteiger partial charge is 0.306 e. The van der Waals surface area contributed by atoms with Crippen molar-refractivity contribution in [3.05, 3.63) is 100 Å². The van der Waals surface area contributed by atoms with Gasteiger partial charge in [-0.2, -0.15) is 0 Å². The summed E-state index contributed by atoms with van der Waals surface area (Å²) in [5.41, 5.74) is 4.34. The molecule has 1 aliphatic heterocycles. The summed E-state index contributed by atoms with van der Waals surface area (Å²) in [6.07, 6.45) is 5.85. The molecule has 154 valence electrons. The van der Waals surface area contributed by atoms with Gasteiger partial charge in [-0.05, 0) is 35.9 Å². The smallest absolute Gasteiger partial charge is 0.255 e. The average molecular weight is 413 g/mol. The SMILES string of the molecule is O=c1[nH]c(-c2cccnc2)nc2c1CN(Cc1ccc(-c3ccccc3F)nc1)CC2. The molecule has 1 aromatic carbocycles. The molecule has 0 radical (unpaired) electrons. The van der Waals surface area contributed by atoms with Crippen LogP contribution in [0, 0.1) is 5.82 Å². The Hall–Kier alpha value is -3.71. The van der Waals surface area contributed by atoms with Crippen LogP contribution in [0.4, 0.5) is 4.39 Å². The van der Waals surface area contributed by atoms with Gasteiger partial charge in [0.15, 0.2) is 0 Å². The van der Waals surface area contributed by atoms with Crippen molar-refractivity contribution in [2.45, 2.75) is 19.5 Å². The number of benzene rings is 1. The Morgan fingerprint density at radius 1 is 1.06 bits per heavy atom. The summed E-state index contributed by atoms with van der Waals surface area (Å²) in [5, 5.41) is 0. The summed E-state index contributed by atoms with van der Waals surface area (Å²) in [6, 6.07) is 14.1. The van der Waals surface area contributed by atoms with Crippen LogP contribution in [-0.2, 0) is 19.5 Å². The minimum absolute atomic E-state index is 0.110. The molecule has 0 saturated heterocycles. The van der Waals surface area contributed by atoms with Gasteiger partial charge in [0, 0.05) is 55.8 Å². The maximum Gasteiger partial charge on any atom is 0.255 e. The van der Waals surface area contributed by atoms with E-state index in [-0.39, 0.29) is 11.4 Å². The highest BCUT2D eigenvalue weighted by atomic mass is 19.1. The Kier molecular flexibility index (Phi) is 5.09. The molecule has 0 amide bonds. The molecule has 0 bridgehead atoms. The molecule has 4 heterocycles. The van der Waals surface area contributed by atoms with Crippen LogP contribution in [0.15, 0.2) is 71.9 Å². The molecule has 4 aromatic rings. The number of halogens is 1. The number of hydrogen-bond acceptors (Lipinski definition) is 5. The number of nitrogens with one attached hydrogen (secondary N) is 1. The van der Waals surface area contributed by atoms with E-state index in [4.69, 9.17) is 0 Å². The molecular formula is C24H20FN5O. The molecule has 6 nitrogen and oxygen atoms in total. The number of nitrogens with zero attached hydrogens (tertiary/aromatic N) is 4. The fourth-order valence-corrected chi connectivity index (χ4v) is 3.86. The molecule has 0 spiro atoms. The van der Waals surface area contributed by atoms with Gasteiger partial charge in [0.1, 0.15) is 11.6 Å². The first-order valence-electron chi connectivity index (χ1n) is 10.1. The molecule has 5 rings (SSSR count). The lowest BCUT2D eigenvalue weighted by molar-refractivity contribution is 0.241. The maximum absolute atomic E-state index is 14.0. The monoisotopic (exact) mass is 413 g/mol. The van der Waals surface area contributed by atoms with E-state index < -0.39 is 0 Å². The highest BCUT2D eigenvalue weighted by molar-refractivity contribution is 5.59. The van der Waals surface area contributed by atoms with Gasteiger partial charge >= 0.3 is 0 Å². The minimum atomic E-state index is -0.284. The summed E-state index contributed by atoms with van der Waals surface area (Å²) in [6.45, 7) is 1.98. The zero-order valence-electron chi connectivity index (χ0n) is 16.8. The molecule has 0 fully saturated rings. The van der Waals surface area contributed by atoms with Crippen LogP contribution in [0.2, 0.25) is 0 Å². The molecule has 3 aromatic heterocycles. The first-order valence-corrected chi connectivity index (χ1v) is 10.1. The number of aromatic amines is 1. The number of pyridine rings is 2. The van der Waals surface area contributed by atoms with Crippen LogP contribution >= 0.6 is 0 Å². The second-order valence-corrected chi connectivity index (χ2v) is 7.57. The van der Waals surface area contributed by atoms with Crippen molar-refractivity contribution >= 4 is 0 Å². The summed E-state index contributed by atoms with van der Waals surface area (Å²) in [5.74, 6) is 0.269. The number of hydrogen-bond donors (Lipinski definition) is 1. The number of fused-ring (bicyclic) bond motifs is 1. The first-order chi connectivity index (χ1) is 15.2. The highest BCUT2D eigenvalue weighted by Crippen LogP contribution is 2.22. The van der Waals surface area contributed by atoms with Crippen LogP contribution in [0.25, 0.3) is 22.6 Å². The van der Waals surface area contributed by atoms with Gasteiger partial charge < -0.3 is 4.98 Å². The third-order valence-electron chi connectivity index (χ3n) is 5.46. The Bertz CT molecular complexity index is 1270. The molecular weight excluding hydrogens is 393 g/mol. The maximum atomic E-state index is 14.0. The molecule has 1 N–H and O–H groups in total. The van der Waals surface area contributed by atoms with Crippen molar-refractivity contribution in [2.24, 2.45) is 0 Å². The average Bonchev–Trinajstić information content (AvgIpc) is 2.81. The van der Waals surface area contributed by atoms with Crippen molar-refractivity contribution in [2.75, 3.05) is 6.54 Å². The van der Waals surface area contributed by atoms with E-state index in [1.54, 1.807) is 36.8 Å². The van der Waals surface area contributed by atoms with E-state index in [1.807, 2.05) is 24.3 Å². The molecule has 31 heavy (non-hydrogen) atoms. The van der Waals surface area contributed by atoms with Crippen molar-refractivity contribution in [1.82, 2.24) is 24.8 Å². The number of aromatic nitrogens is 4. The lowest BCUT2D eigenvalue weighted by atomic mass is 10.1. The van der Waals surface area contributed by atoms with Crippen LogP contribution in [0.3, 0.4) is 0 Å². The highest BCUT2D eigenvalue weighted by Gasteiger charge is 2.21. The second-order valence-electron chi connectivity index (χ2n) is 7.57. The lowest BCUT2D eigenvalue weighted by Gasteiger charge is -2.27. The summed E-state index contributed by atoms with van der Waals surface area (Å²) in [7, 11) is 0. The lowest BCUT2D eigenvalue weighted by Crippen LogP contribution is -2.35. The third-order valence-corrected chi connectivity index (χ3v) is 5.46. The van der Waals surface area contributed by atoms with E-state index >= 15 is 0 Å². The Balaban J connectivity index is 1.32. The van der Waals surface area contributed by atoms with Crippen molar-refractivity contribution in [3.8, 4) is 22.6 Å². The zero-order chi connectivity index (χ0) is 21.2. The summed E-state index contributed by atoms with van der Waals surface area (Å²) in [4.78, 5) is 31.0. The topological polar surface area (TPSA) is 74.8 Å². The minimum Gasteiger partial charge on any atom is -0.306 e. The quantitative estimate of drug-likeness (QED) is 0.553. The van der Waals surface area contributed by atoms with E-state index in [1.165, 1.54) is 6.07 Å². The van der Waals surface area contributed by atoms with E-state index in [0.717, 1.165) is 23.4 Å². The van der Waals surface area contributed by atoms with Crippen molar-refractivity contribution < 1.29 is 4.39 Å². The van der Waals surface area contributed by atoms with Gasteiger partial charge in [0.05, 0.1) is 17.0 Å². The van der Waals surface area contributed by atoms with E-state index in [0.29, 0.717) is 42.2 Å². The van der Waals surface area contributed by atoms with Gasteiger partial charge in [-0.25, -0.2) is 9.37 Å². The van der Waals surface area contributed by atoms with E-state index in [9.17, 15) is 9.18 Å². The predicted octanol–water partition coefficient (Wildman–Crippen LogP) is 3.59. The summed E-state index contributed by atoms with van der Waals surface area (Å²) >= 11 is 0. The number of rotatable bonds is 4. The van der Waals surface area contributed by atoms with Crippen molar-refractivity contribution in [3.63, 3.8) is 0 Å². The molecule has 0 saturated carbocycles. The standard InChI is InChI=1S/C24H20FN5O/c25-20-6-2-1-5-18(20)21-8-7-16(12-27-21)14-30-11-9-22-19(15-30)24(31)29-23(28-22)17-4-3-10-26-13-17/h1-8,10,12-13H,9,11,14-15H2,(H,28,29,31). The molecule has 0 atom stereocenters. The first kappa shape index (κ1) is 19.3. The normalized spacial score (nSPS) is 13.7. The van der Waals surface area contributed by atoms with Crippen LogP contribution in [0.5, 0.6) is 0 Å². The van der Waals surface area contributed by atoms with Crippen LogP contribution < -0.4 is 5.56 Å². The van der Waals surface area contributed by atoms with Crippen molar-refractivity contribution in [1.29, 1.82) is 0 Å². The van der Waals surface area contributed by atoms with E-state index in [2.05, 4.69) is 24.8 Å². The third kappa shape index (κ3) is 4.00. The van der Waals surface area contributed by atoms with Gasteiger partial charge in [-0.3, -0.25) is 19.7 Å². The molecule has 0 unspecified atom stereocenters. The van der Waals surface area contributed by atoms with Crippen LogP contribution in [0.1, 0.15) is 16.8 Å². The molecule has 1 aliphatic rings. The zero-order valence-corrected chi connectivity index (χ0v) is 16.8. The fraction of sp³-hybridized carbons (Fsp3) is 0.167. The fourth-order valence-electron chi connectivity index (χ4n) is 3.86. The Morgan fingerprint density at radius 3 is 2.74 bits per heavy atom. The van der Waals surface area contributed by atoms with Gasteiger partial charge in [-0.1, -0.05) is 18.2 Å². The van der Waals surface area contributed by atoms with Gasteiger partial charge in [-0.15, -0.1) is 0 Å². The molecule has 0 aliphatic carbocycles. The predicted molar refractivity (Wildman–Crippen MR) is 116 cm³/mol. The van der Waals surface area contributed by atoms with Crippen LogP contribution in [-0.4, -0.2) is 31.4 Å². The molecule has 7 heteroatoms. The second kappa shape index (κ2) is 8.20. The van der Waals surface area contributed by atoms with Gasteiger partial charge in [0.25, 0.3) is 5.56 Å². The summed E-state index contributed by atoms with van der Waals surface area (Å²) < 4.78 is 14.0. The number of H-pyrrole nitrogens is 1. The Labute approximate surface area is 178 Å². The van der Waals surface area contributed by atoms with Gasteiger partial charge in [0.2, 0.25) is 0 Å².